The van der Waals surface area contributed by atoms with Crippen LogP contribution in [0.5, 0.6) is 5.75 Å². The van der Waals surface area contributed by atoms with E-state index in [9.17, 15) is 13.2 Å². The number of pyridine rings is 1. The number of halogens is 3. The van der Waals surface area contributed by atoms with Crippen molar-refractivity contribution in [2.75, 3.05) is 35.2 Å². The molecule has 0 amide bonds. The van der Waals surface area contributed by atoms with Gasteiger partial charge < -0.3 is 20.3 Å². The third kappa shape index (κ3) is 3.83. The molecule has 1 saturated carbocycles. The molecular weight excluding hydrogens is 361 g/mol. The second-order valence-corrected chi connectivity index (χ2v) is 6.47. The van der Waals surface area contributed by atoms with E-state index in [1.54, 1.807) is 12.3 Å². The number of rotatable bonds is 5. The minimum atomic E-state index is -4.51. The Morgan fingerprint density at radius 1 is 1.26 bits per heavy atom. The maximum absolute atomic E-state index is 13.2. The Hall–Kier alpha value is -2.78. The smallest absolute Gasteiger partial charge is 0.421 e. The van der Waals surface area contributed by atoms with E-state index < -0.39 is 11.7 Å². The Kier molecular flexibility index (Phi) is 4.40. The molecule has 3 heterocycles. The number of alkyl halides is 3. The molecule has 1 aliphatic heterocycles. The van der Waals surface area contributed by atoms with Crippen LogP contribution in [0.15, 0.2) is 18.5 Å². The van der Waals surface area contributed by atoms with Crippen molar-refractivity contribution >= 4 is 23.3 Å². The van der Waals surface area contributed by atoms with Crippen LogP contribution in [0.25, 0.3) is 0 Å². The zero-order chi connectivity index (χ0) is 19.0. The van der Waals surface area contributed by atoms with E-state index in [-0.39, 0.29) is 17.8 Å². The predicted molar refractivity (Wildman–Crippen MR) is 94.6 cm³/mol. The minimum Gasteiger partial charge on any atom is -0.488 e. The lowest BCUT2D eigenvalue weighted by Crippen LogP contribution is -2.33. The fraction of sp³-hybridized carbons (Fsp3) is 0.471. The summed E-state index contributed by atoms with van der Waals surface area (Å²) in [6.45, 7) is 4.17. The third-order valence-electron chi connectivity index (χ3n) is 4.40. The number of hydrogen-bond donors (Lipinski definition) is 2. The van der Waals surface area contributed by atoms with Crippen LogP contribution in [0.4, 0.5) is 36.4 Å². The number of nitrogens with zero attached hydrogens (tertiary/aromatic N) is 4. The Morgan fingerprint density at radius 3 is 2.78 bits per heavy atom. The number of nitrogens with one attached hydrogen (secondary N) is 2. The van der Waals surface area contributed by atoms with Crippen molar-refractivity contribution in [3.63, 3.8) is 0 Å². The second kappa shape index (κ2) is 6.75. The molecule has 2 aliphatic rings. The van der Waals surface area contributed by atoms with Gasteiger partial charge in [-0.05, 0) is 19.8 Å². The van der Waals surface area contributed by atoms with Crippen LogP contribution in [0, 0.1) is 0 Å². The van der Waals surface area contributed by atoms with Crippen LogP contribution in [0.3, 0.4) is 0 Å². The Bertz CT molecular complexity index is 840. The largest absolute Gasteiger partial charge is 0.488 e. The number of hydrogen-bond acceptors (Lipinski definition) is 7. The van der Waals surface area contributed by atoms with Gasteiger partial charge in [0.25, 0.3) is 0 Å². The summed E-state index contributed by atoms with van der Waals surface area (Å²) in [6, 6.07) is 1.78. The van der Waals surface area contributed by atoms with Gasteiger partial charge in [0.15, 0.2) is 11.6 Å². The average Bonchev–Trinajstić information content (AvgIpc) is 3.44. The van der Waals surface area contributed by atoms with Gasteiger partial charge in [-0.25, -0.2) is 9.97 Å². The van der Waals surface area contributed by atoms with E-state index >= 15 is 0 Å². The fourth-order valence-corrected chi connectivity index (χ4v) is 2.84. The van der Waals surface area contributed by atoms with Crippen molar-refractivity contribution in [2.24, 2.45) is 0 Å². The second-order valence-electron chi connectivity index (χ2n) is 6.47. The normalized spacial score (nSPS) is 16.5. The standard InChI is InChI=1S/C17H19F3N6O/c1-2-26-5-6-27-13-7-11(8-21-15(13)26)24-16-22-9-12(17(18,19)20)14(25-16)23-10-3-4-10/h7-10H,2-6H2,1H3,(H2,22,23,24,25). The number of ether oxygens (including phenoxy) is 1. The number of likely N-dealkylation sites (N-methyl/N-ethyl adjacent to an activating group) is 1. The molecule has 2 aromatic rings. The first-order chi connectivity index (χ1) is 12.9. The molecule has 144 valence electrons. The van der Waals surface area contributed by atoms with E-state index in [1.807, 2.05) is 6.92 Å². The Morgan fingerprint density at radius 2 is 2.07 bits per heavy atom. The van der Waals surface area contributed by atoms with Crippen LogP contribution in [0.2, 0.25) is 0 Å². The number of fused-ring (bicyclic) bond motifs is 1. The van der Waals surface area contributed by atoms with Crippen LogP contribution in [-0.4, -0.2) is 40.7 Å². The molecule has 0 radical (unpaired) electrons. The van der Waals surface area contributed by atoms with Gasteiger partial charge in [-0.2, -0.15) is 18.2 Å². The molecule has 4 rings (SSSR count). The maximum Gasteiger partial charge on any atom is 0.421 e. The van der Waals surface area contributed by atoms with Gasteiger partial charge >= 0.3 is 6.18 Å². The number of aromatic nitrogens is 3. The van der Waals surface area contributed by atoms with E-state index in [0.717, 1.165) is 37.9 Å². The first-order valence-corrected chi connectivity index (χ1v) is 8.79. The summed E-state index contributed by atoms with van der Waals surface area (Å²) in [6.07, 6.45) is -0.457. The van der Waals surface area contributed by atoms with Gasteiger partial charge in [0.1, 0.15) is 18.0 Å². The molecule has 0 bridgehead atoms. The zero-order valence-electron chi connectivity index (χ0n) is 14.7. The van der Waals surface area contributed by atoms with Crippen molar-refractivity contribution in [3.8, 4) is 5.75 Å². The zero-order valence-corrected chi connectivity index (χ0v) is 14.7. The quantitative estimate of drug-likeness (QED) is 0.823. The lowest BCUT2D eigenvalue weighted by molar-refractivity contribution is -0.137. The van der Waals surface area contributed by atoms with Gasteiger partial charge in [0, 0.05) is 24.8 Å². The molecule has 10 heteroatoms. The third-order valence-corrected chi connectivity index (χ3v) is 4.40. The topological polar surface area (TPSA) is 75.2 Å². The highest BCUT2D eigenvalue weighted by molar-refractivity contribution is 5.64. The molecular formula is C17H19F3N6O. The first kappa shape index (κ1) is 17.6. The molecule has 7 nitrogen and oxygen atoms in total. The lowest BCUT2D eigenvalue weighted by Gasteiger charge is -2.29. The van der Waals surface area contributed by atoms with Crippen molar-refractivity contribution in [1.29, 1.82) is 0 Å². The molecule has 0 spiro atoms. The molecule has 27 heavy (non-hydrogen) atoms. The van der Waals surface area contributed by atoms with Gasteiger partial charge in [-0.1, -0.05) is 0 Å². The molecule has 1 fully saturated rings. The fourth-order valence-electron chi connectivity index (χ4n) is 2.84. The van der Waals surface area contributed by atoms with Crippen molar-refractivity contribution < 1.29 is 17.9 Å². The summed E-state index contributed by atoms with van der Waals surface area (Å²) in [5.74, 6) is 1.23. The SMILES string of the molecule is CCN1CCOc2cc(Nc3ncc(C(F)(F)F)c(NC4CC4)n3)cnc21. The van der Waals surface area contributed by atoms with Gasteiger partial charge in [-0.15, -0.1) is 0 Å². The van der Waals surface area contributed by atoms with Gasteiger partial charge in [-0.3, -0.25) is 0 Å². The number of anilines is 4. The summed E-state index contributed by atoms with van der Waals surface area (Å²) in [5, 5.41) is 5.73. The predicted octanol–water partition coefficient (Wildman–Crippen LogP) is 3.43. The van der Waals surface area contributed by atoms with Crippen LogP contribution < -0.4 is 20.3 Å². The van der Waals surface area contributed by atoms with Crippen molar-refractivity contribution in [1.82, 2.24) is 15.0 Å². The molecule has 0 aromatic carbocycles. The van der Waals surface area contributed by atoms with E-state index in [0.29, 0.717) is 18.0 Å². The Labute approximate surface area is 154 Å². The van der Waals surface area contributed by atoms with E-state index in [4.69, 9.17) is 4.74 Å². The molecule has 0 atom stereocenters. The average molecular weight is 380 g/mol. The molecule has 2 aromatic heterocycles. The summed E-state index contributed by atoms with van der Waals surface area (Å²) in [5.41, 5.74) is -0.325. The summed E-state index contributed by atoms with van der Waals surface area (Å²) in [4.78, 5) is 14.3. The maximum atomic E-state index is 13.2. The monoisotopic (exact) mass is 380 g/mol. The lowest BCUT2D eigenvalue weighted by atomic mass is 10.3. The van der Waals surface area contributed by atoms with Crippen LogP contribution >= 0.6 is 0 Å². The van der Waals surface area contributed by atoms with Gasteiger partial charge in [0.05, 0.1) is 18.4 Å². The first-order valence-electron chi connectivity index (χ1n) is 8.79. The van der Waals surface area contributed by atoms with Gasteiger partial charge in [0.2, 0.25) is 5.95 Å². The molecule has 2 N–H and O–H groups in total. The van der Waals surface area contributed by atoms with Crippen LogP contribution in [-0.2, 0) is 6.18 Å². The summed E-state index contributed by atoms with van der Waals surface area (Å²) >= 11 is 0. The van der Waals surface area contributed by atoms with Crippen molar-refractivity contribution in [3.05, 3.63) is 24.0 Å². The van der Waals surface area contributed by atoms with E-state index in [1.165, 1.54) is 0 Å². The Balaban J connectivity index is 1.59. The summed E-state index contributed by atoms with van der Waals surface area (Å²) in [7, 11) is 0. The highest BCUT2D eigenvalue weighted by Gasteiger charge is 2.37. The molecule has 0 unspecified atom stereocenters. The molecule has 1 aliphatic carbocycles. The van der Waals surface area contributed by atoms with Crippen molar-refractivity contribution in [2.45, 2.75) is 32.0 Å². The van der Waals surface area contributed by atoms with Crippen LogP contribution in [0.1, 0.15) is 25.3 Å². The highest BCUT2D eigenvalue weighted by atomic mass is 19.4. The summed E-state index contributed by atoms with van der Waals surface area (Å²) < 4.78 is 45.1. The minimum absolute atomic E-state index is 0.0349. The highest BCUT2D eigenvalue weighted by Crippen LogP contribution is 2.37. The molecule has 0 saturated heterocycles. The van der Waals surface area contributed by atoms with E-state index in [2.05, 4.69) is 30.5 Å².